The van der Waals surface area contributed by atoms with E-state index in [0.717, 1.165) is 6.42 Å². The van der Waals surface area contributed by atoms with Crippen molar-refractivity contribution in [2.24, 2.45) is 0 Å². The second-order valence-electron chi connectivity index (χ2n) is 0.563. The van der Waals surface area contributed by atoms with Gasteiger partial charge in [-0.2, -0.15) is 6.42 Å². The van der Waals surface area contributed by atoms with Crippen molar-refractivity contribution in [1.82, 2.24) is 0 Å². The molecule has 0 aromatic heterocycles. The van der Waals surface area contributed by atoms with Gasteiger partial charge in [0.05, 0.1) is 0 Å². The molecule has 0 aromatic rings. The molecule has 0 amide bonds. The summed E-state index contributed by atoms with van der Waals surface area (Å²) in [4.78, 5) is 0. The van der Waals surface area contributed by atoms with Gasteiger partial charge < -0.3 is 11.6 Å². The summed E-state index contributed by atoms with van der Waals surface area (Å²) in [5.74, 6) is 1.60. The van der Waals surface area contributed by atoms with E-state index in [1.807, 2.05) is 6.92 Å². The summed E-state index contributed by atoms with van der Waals surface area (Å²) in [6.07, 6.45) is 0.960. The zero-order valence-corrected chi connectivity index (χ0v) is 6.42. The van der Waals surface area contributed by atoms with Gasteiger partial charge in [0.25, 0.3) is 0 Å². The van der Waals surface area contributed by atoms with E-state index >= 15 is 0 Å². The van der Waals surface area contributed by atoms with Crippen molar-refractivity contribution in [2.45, 2.75) is 13.3 Å². The molecule has 0 aliphatic rings. The maximum Gasteiger partial charge on any atom is 1.00 e. The summed E-state index contributed by atoms with van der Waals surface area (Å²) < 4.78 is 0. The Morgan fingerprint density at radius 2 is 2.00 bits per heavy atom. The molecule has 0 aromatic carbocycles. The molecule has 26 valence electrons. The van der Waals surface area contributed by atoms with E-state index in [1.165, 1.54) is 0 Å². The summed E-state index contributed by atoms with van der Waals surface area (Å²) in [6, 6.07) is 0. The van der Waals surface area contributed by atoms with Crippen LogP contribution in [0.1, 0.15) is 13.3 Å². The van der Waals surface area contributed by atoms with E-state index in [4.69, 9.17) is 11.6 Å². The molecule has 0 saturated carbocycles. The quantitative estimate of drug-likeness (QED) is 0.287. The summed E-state index contributed by atoms with van der Waals surface area (Å²) in [6.45, 7) is 1.99. The van der Waals surface area contributed by atoms with Crippen molar-refractivity contribution in [2.75, 3.05) is 0 Å². The van der Waals surface area contributed by atoms with Crippen molar-refractivity contribution in [3.05, 3.63) is 5.88 Å². The van der Waals surface area contributed by atoms with Crippen LogP contribution in [-0.4, -0.2) is 0 Å². The largest absolute Gasteiger partial charge is 1.00 e. The smallest absolute Gasteiger partial charge is 0.349 e. The molecule has 0 saturated heterocycles. The van der Waals surface area contributed by atoms with Gasteiger partial charge in [0.2, 0.25) is 0 Å². The number of hydrogen-bond donors (Lipinski definition) is 0. The van der Waals surface area contributed by atoms with Crippen LogP contribution in [-0.2, 0) is 0 Å². The first-order valence-corrected chi connectivity index (χ1v) is 1.77. The number of hydrogen-bond acceptors (Lipinski definition) is 0. The van der Waals surface area contributed by atoms with Gasteiger partial charge in [-0.15, -0.1) is 0 Å². The molecule has 2 heteroatoms. The second kappa shape index (κ2) is 8.99. The molecule has 0 rings (SSSR count). The fourth-order valence-corrected chi connectivity index (χ4v) is 0. The minimum absolute atomic E-state index is 0. The van der Waals surface area contributed by atoms with Crippen LogP contribution in [0, 0.1) is 5.88 Å². The number of halogens is 1. The topological polar surface area (TPSA) is 0 Å². The van der Waals surface area contributed by atoms with Crippen LogP contribution in [0.15, 0.2) is 0 Å². The van der Waals surface area contributed by atoms with Crippen molar-refractivity contribution in [3.63, 3.8) is 0 Å². The first kappa shape index (κ1) is 9.56. The molecule has 0 fully saturated rings. The van der Waals surface area contributed by atoms with Crippen molar-refractivity contribution < 1.29 is 29.6 Å². The van der Waals surface area contributed by atoms with Gasteiger partial charge in [0.15, 0.2) is 0 Å². The molecular weight excluding hydrogens is 94.5 g/mol. The molecular formula is C3H6ClNa. The van der Waals surface area contributed by atoms with Gasteiger partial charge in [-0.25, -0.2) is 5.88 Å². The normalized spacial score (nSPS) is 6.00. The van der Waals surface area contributed by atoms with Crippen LogP contribution in [0.25, 0.3) is 0 Å². The van der Waals surface area contributed by atoms with Crippen LogP contribution in [0.4, 0.5) is 0 Å². The third-order valence-corrected chi connectivity index (χ3v) is 0.463. The molecule has 0 atom stereocenters. The van der Waals surface area contributed by atoms with Gasteiger partial charge in [-0.05, 0) is 0 Å². The minimum Gasteiger partial charge on any atom is -0.349 e. The van der Waals surface area contributed by atoms with E-state index in [0.29, 0.717) is 0 Å². The number of rotatable bonds is 1. The molecule has 0 aliphatic heterocycles. The molecule has 0 spiro atoms. The minimum atomic E-state index is 0. The Balaban J connectivity index is 0. The fraction of sp³-hybridized carbons (Fsp3) is 0.667. The Labute approximate surface area is 60.2 Å². The average Bonchev–Trinajstić information content (AvgIpc) is 1.37. The monoisotopic (exact) mass is 100 g/mol. The van der Waals surface area contributed by atoms with Crippen molar-refractivity contribution in [3.8, 4) is 0 Å². The summed E-state index contributed by atoms with van der Waals surface area (Å²) in [5.41, 5.74) is 0. The van der Waals surface area contributed by atoms with Crippen LogP contribution >= 0.6 is 11.6 Å². The van der Waals surface area contributed by atoms with E-state index in [-0.39, 0.29) is 29.6 Å². The first-order chi connectivity index (χ1) is 1.91. The Morgan fingerprint density at radius 1 is 1.80 bits per heavy atom. The SMILES string of the molecule is CC[CH-]Cl.[Na+]. The molecule has 0 radical (unpaired) electrons. The molecule has 5 heavy (non-hydrogen) atoms. The fourth-order valence-electron chi connectivity index (χ4n) is 0. The second-order valence-corrected chi connectivity index (χ2v) is 0.871. The third-order valence-electron chi connectivity index (χ3n) is 0.154. The van der Waals surface area contributed by atoms with Crippen molar-refractivity contribution >= 4 is 11.6 Å². The zero-order chi connectivity index (χ0) is 3.41. The maximum absolute atomic E-state index is 5.06. The van der Waals surface area contributed by atoms with E-state index in [9.17, 15) is 0 Å². The van der Waals surface area contributed by atoms with E-state index < -0.39 is 0 Å². The average molecular weight is 101 g/mol. The standard InChI is InChI=1S/C3H6Cl.Na/c1-2-3-4;/h3H,2H2,1H3;/q-1;+1. The zero-order valence-electron chi connectivity index (χ0n) is 3.66. The van der Waals surface area contributed by atoms with Crippen molar-refractivity contribution in [1.29, 1.82) is 0 Å². The van der Waals surface area contributed by atoms with E-state index in [1.54, 1.807) is 5.88 Å². The molecule has 0 aliphatic carbocycles. The van der Waals surface area contributed by atoms with Gasteiger partial charge in [-0.1, -0.05) is 6.92 Å². The molecule has 0 heterocycles. The van der Waals surface area contributed by atoms with Gasteiger partial charge in [0, 0.05) is 0 Å². The maximum atomic E-state index is 5.06. The third kappa shape index (κ3) is 10.9. The van der Waals surface area contributed by atoms with Crippen LogP contribution in [0.3, 0.4) is 0 Å². The first-order valence-electron chi connectivity index (χ1n) is 1.33. The van der Waals surface area contributed by atoms with Crippen LogP contribution in [0.2, 0.25) is 0 Å². The van der Waals surface area contributed by atoms with E-state index in [2.05, 4.69) is 0 Å². The van der Waals surface area contributed by atoms with Gasteiger partial charge >= 0.3 is 29.6 Å². The summed E-state index contributed by atoms with van der Waals surface area (Å²) in [5, 5.41) is 0. The predicted molar refractivity (Wildman–Crippen MR) is 20.4 cm³/mol. The van der Waals surface area contributed by atoms with Gasteiger partial charge in [0.1, 0.15) is 0 Å². The van der Waals surface area contributed by atoms with Crippen LogP contribution in [0.5, 0.6) is 0 Å². The molecule has 0 bridgehead atoms. The Bertz CT molecular complexity index is 8.85. The molecule has 0 unspecified atom stereocenters. The Kier molecular flexibility index (Phi) is 17.2. The van der Waals surface area contributed by atoms with Crippen LogP contribution < -0.4 is 29.6 Å². The molecule has 0 N–H and O–H groups in total. The predicted octanol–water partition coefficient (Wildman–Crippen LogP) is -1.20. The summed E-state index contributed by atoms with van der Waals surface area (Å²) in [7, 11) is 0. The Morgan fingerprint density at radius 3 is 2.00 bits per heavy atom. The van der Waals surface area contributed by atoms with Gasteiger partial charge in [-0.3, -0.25) is 0 Å². The molecule has 0 nitrogen and oxygen atoms in total. The summed E-state index contributed by atoms with van der Waals surface area (Å²) >= 11 is 5.06. The Hall–Kier alpha value is 1.29.